The van der Waals surface area contributed by atoms with Crippen LogP contribution in [0.3, 0.4) is 0 Å². The van der Waals surface area contributed by atoms with Crippen LogP contribution in [0, 0.1) is 0 Å². The quantitative estimate of drug-likeness (QED) is 0.120. The van der Waals surface area contributed by atoms with E-state index in [0.717, 1.165) is 48.2 Å². The minimum atomic E-state index is 0.658. The topological polar surface area (TPSA) is 154 Å². The van der Waals surface area contributed by atoms with Crippen LogP contribution in [0.4, 0.5) is 0 Å². The maximum Gasteiger partial charge on any atom is 0.120 e. The van der Waals surface area contributed by atoms with E-state index >= 15 is 0 Å². The van der Waals surface area contributed by atoms with Gasteiger partial charge in [-0.1, -0.05) is 12.2 Å². The summed E-state index contributed by atoms with van der Waals surface area (Å²) in [5.74, 6) is 1.78. The van der Waals surface area contributed by atoms with Crippen molar-refractivity contribution in [3.05, 3.63) is 72.1 Å². The Hall–Kier alpha value is -3.30. The molecule has 0 aliphatic carbocycles. The van der Waals surface area contributed by atoms with Gasteiger partial charge in [0.2, 0.25) is 0 Å². The number of benzene rings is 2. The summed E-state index contributed by atoms with van der Waals surface area (Å²) in [6, 6.07) is 12.1. The molecule has 0 saturated heterocycles. The molecular formula is C30H46N6O2. The fourth-order valence-corrected chi connectivity index (χ4v) is 3.77. The first-order valence-corrected chi connectivity index (χ1v) is 13.4. The van der Waals surface area contributed by atoms with Crippen molar-refractivity contribution in [1.82, 2.24) is 9.97 Å². The Kier molecular flexibility index (Phi) is 14.7. The molecule has 2 aromatic heterocycles. The second-order valence-electron chi connectivity index (χ2n) is 8.77. The van der Waals surface area contributed by atoms with Crippen LogP contribution in [0.1, 0.15) is 37.8 Å². The molecule has 4 aromatic rings. The fourth-order valence-electron chi connectivity index (χ4n) is 3.77. The Balaban J connectivity index is 0.000000234. The van der Waals surface area contributed by atoms with Crippen molar-refractivity contribution in [3.8, 4) is 11.5 Å². The number of hydrogen-bond acceptors (Lipinski definition) is 6. The predicted molar refractivity (Wildman–Crippen MR) is 161 cm³/mol. The van der Waals surface area contributed by atoms with Crippen LogP contribution in [0.25, 0.3) is 21.8 Å². The molecule has 0 amide bonds. The second kappa shape index (κ2) is 18.0. The van der Waals surface area contributed by atoms with E-state index in [1.165, 1.54) is 21.9 Å². The molecular weight excluding hydrogens is 476 g/mol. The Morgan fingerprint density at radius 1 is 0.632 bits per heavy atom. The normalized spacial score (nSPS) is 10.8. The smallest absolute Gasteiger partial charge is 0.120 e. The average Bonchev–Trinajstić information content (AvgIpc) is 3.53. The first kappa shape index (κ1) is 30.9. The third-order valence-corrected chi connectivity index (χ3v) is 5.87. The number of rotatable bonds is 12. The van der Waals surface area contributed by atoms with Crippen molar-refractivity contribution >= 4 is 21.8 Å². The van der Waals surface area contributed by atoms with Crippen LogP contribution in [-0.4, -0.2) is 49.4 Å². The number of allylic oxidation sites excluding steroid dienone is 2. The number of aromatic nitrogens is 2. The first-order chi connectivity index (χ1) is 18.6. The molecule has 38 heavy (non-hydrogen) atoms. The minimum Gasteiger partial charge on any atom is -0.494 e. The van der Waals surface area contributed by atoms with Crippen LogP contribution in [0.5, 0.6) is 11.5 Å². The standard InChI is InChI=1S/2C13H19N3O.C4H8/c2*14-5-1-7-17-11-2-3-13-12(8-11)10(4-6-15)9-16-13;1-3-4-2/h2*2-3,8-9,16H,1,4-7,14-15H2;3-4H,1-2H3. The third kappa shape index (κ3) is 9.87. The van der Waals surface area contributed by atoms with Gasteiger partial charge in [0.1, 0.15) is 11.5 Å². The van der Waals surface area contributed by atoms with Crippen LogP contribution in [0.2, 0.25) is 0 Å². The average molecular weight is 523 g/mol. The lowest BCUT2D eigenvalue weighted by Gasteiger charge is -2.05. The Bertz CT molecular complexity index is 1120. The van der Waals surface area contributed by atoms with Gasteiger partial charge in [0.05, 0.1) is 13.2 Å². The van der Waals surface area contributed by atoms with Crippen LogP contribution in [-0.2, 0) is 12.8 Å². The first-order valence-electron chi connectivity index (χ1n) is 13.4. The molecule has 0 aliphatic rings. The SMILES string of the molecule is CC=CC.NCCCOc1ccc2[nH]cc(CCN)c2c1.NCCCOc1ccc2[nH]cc(CCN)c2c1. The summed E-state index contributed by atoms with van der Waals surface area (Å²) in [6.45, 7) is 7.96. The number of H-pyrrole nitrogens is 2. The van der Waals surface area contributed by atoms with Gasteiger partial charge in [0, 0.05) is 34.2 Å². The van der Waals surface area contributed by atoms with Gasteiger partial charge < -0.3 is 42.4 Å². The van der Waals surface area contributed by atoms with Gasteiger partial charge in [0.25, 0.3) is 0 Å². The van der Waals surface area contributed by atoms with E-state index in [-0.39, 0.29) is 0 Å². The van der Waals surface area contributed by atoms with E-state index in [1.54, 1.807) is 0 Å². The molecule has 0 unspecified atom stereocenters. The zero-order valence-corrected chi connectivity index (χ0v) is 23.0. The molecule has 10 N–H and O–H groups in total. The predicted octanol–water partition coefficient (Wildman–Crippen LogP) is 4.38. The highest BCUT2D eigenvalue weighted by atomic mass is 16.5. The summed E-state index contributed by atoms with van der Waals surface area (Å²) < 4.78 is 11.3. The molecule has 2 aromatic carbocycles. The van der Waals surface area contributed by atoms with Crippen LogP contribution >= 0.6 is 0 Å². The lowest BCUT2D eigenvalue weighted by Crippen LogP contribution is -2.06. The molecule has 0 saturated carbocycles. The summed E-state index contributed by atoms with van der Waals surface area (Å²) in [4.78, 5) is 6.47. The Morgan fingerprint density at radius 3 is 1.39 bits per heavy atom. The lowest BCUT2D eigenvalue weighted by atomic mass is 10.1. The highest BCUT2D eigenvalue weighted by molar-refractivity contribution is 5.85. The van der Waals surface area contributed by atoms with E-state index in [9.17, 15) is 0 Å². The van der Waals surface area contributed by atoms with E-state index in [4.69, 9.17) is 32.4 Å². The van der Waals surface area contributed by atoms with E-state index < -0.39 is 0 Å². The van der Waals surface area contributed by atoms with Crippen LogP contribution < -0.4 is 32.4 Å². The van der Waals surface area contributed by atoms with Gasteiger partial charge in [0.15, 0.2) is 0 Å². The van der Waals surface area contributed by atoms with Gasteiger partial charge in [-0.05, 0) is 113 Å². The summed E-state index contributed by atoms with van der Waals surface area (Å²) >= 11 is 0. The molecule has 0 aliphatic heterocycles. The Labute approximate surface area is 226 Å². The van der Waals surface area contributed by atoms with Gasteiger partial charge >= 0.3 is 0 Å². The van der Waals surface area contributed by atoms with Crippen molar-refractivity contribution in [3.63, 3.8) is 0 Å². The van der Waals surface area contributed by atoms with Gasteiger partial charge in [-0.2, -0.15) is 0 Å². The fraction of sp³-hybridized carbons (Fsp3) is 0.400. The summed E-state index contributed by atoms with van der Waals surface area (Å²) in [6.07, 6.45) is 11.5. The largest absolute Gasteiger partial charge is 0.494 e. The van der Waals surface area contributed by atoms with Gasteiger partial charge in [-0.25, -0.2) is 0 Å². The van der Waals surface area contributed by atoms with Crippen molar-refractivity contribution in [2.45, 2.75) is 39.5 Å². The van der Waals surface area contributed by atoms with Crippen molar-refractivity contribution < 1.29 is 9.47 Å². The zero-order chi connectivity index (χ0) is 27.6. The number of fused-ring (bicyclic) bond motifs is 2. The van der Waals surface area contributed by atoms with Crippen molar-refractivity contribution in [2.24, 2.45) is 22.9 Å². The summed E-state index contributed by atoms with van der Waals surface area (Å²) in [5.41, 5.74) is 26.8. The molecule has 0 radical (unpaired) electrons. The molecule has 8 nitrogen and oxygen atoms in total. The van der Waals surface area contributed by atoms with Crippen molar-refractivity contribution in [1.29, 1.82) is 0 Å². The van der Waals surface area contributed by atoms with Crippen molar-refractivity contribution in [2.75, 3.05) is 39.4 Å². The van der Waals surface area contributed by atoms with E-state index in [2.05, 4.69) is 22.1 Å². The highest BCUT2D eigenvalue weighted by Gasteiger charge is 2.05. The molecule has 2 heterocycles. The molecule has 208 valence electrons. The summed E-state index contributed by atoms with van der Waals surface area (Å²) in [5, 5.41) is 2.39. The number of aromatic amines is 2. The number of hydrogen-bond donors (Lipinski definition) is 6. The van der Waals surface area contributed by atoms with Gasteiger partial charge in [-0.3, -0.25) is 0 Å². The molecule has 0 spiro atoms. The molecule has 0 fully saturated rings. The molecule has 0 bridgehead atoms. The zero-order valence-electron chi connectivity index (χ0n) is 23.0. The molecule has 4 rings (SSSR count). The molecule has 8 heteroatoms. The maximum atomic E-state index is 5.63. The van der Waals surface area contributed by atoms with Crippen LogP contribution in [0.15, 0.2) is 60.9 Å². The third-order valence-electron chi connectivity index (χ3n) is 5.87. The number of nitrogens with two attached hydrogens (primary N) is 4. The molecule has 0 atom stereocenters. The minimum absolute atomic E-state index is 0.658. The number of nitrogens with one attached hydrogen (secondary N) is 2. The van der Waals surface area contributed by atoms with Gasteiger partial charge in [-0.15, -0.1) is 0 Å². The lowest BCUT2D eigenvalue weighted by molar-refractivity contribution is 0.313. The van der Waals surface area contributed by atoms with E-state index in [0.29, 0.717) is 39.4 Å². The van der Waals surface area contributed by atoms with E-state index in [1.807, 2.05) is 62.7 Å². The second-order valence-corrected chi connectivity index (χ2v) is 8.77. The maximum absolute atomic E-state index is 5.63. The summed E-state index contributed by atoms with van der Waals surface area (Å²) in [7, 11) is 0. The highest BCUT2D eigenvalue weighted by Crippen LogP contribution is 2.25. The Morgan fingerprint density at radius 2 is 1.05 bits per heavy atom. The monoisotopic (exact) mass is 522 g/mol. The number of ether oxygens (including phenoxy) is 2.